The van der Waals surface area contributed by atoms with Gasteiger partial charge in [-0.05, 0) is 29.8 Å². The van der Waals surface area contributed by atoms with Crippen molar-refractivity contribution in [3.8, 4) is 5.75 Å². The molecule has 1 saturated heterocycles. The van der Waals surface area contributed by atoms with E-state index in [0.717, 1.165) is 4.90 Å². The van der Waals surface area contributed by atoms with Gasteiger partial charge in [0.05, 0.1) is 12.7 Å². The number of nitrogens with zero attached hydrogens (tertiary/aromatic N) is 3. The molecule has 4 N–H and O–H groups in total. The summed E-state index contributed by atoms with van der Waals surface area (Å²) in [6.45, 7) is -0.464. The predicted molar refractivity (Wildman–Crippen MR) is 74.7 cm³/mol. The number of aromatic hydroxyl groups is 1. The molecular weight excluding hydrogens is 298 g/mol. The van der Waals surface area contributed by atoms with Crippen molar-refractivity contribution < 1.29 is 25.2 Å². The maximum Gasteiger partial charge on any atom is 0.119 e. The number of thioether (sulfide) groups is 1. The van der Waals surface area contributed by atoms with Crippen LogP contribution >= 0.6 is 11.8 Å². The lowest BCUT2D eigenvalue weighted by Crippen LogP contribution is -2.56. The van der Waals surface area contributed by atoms with Crippen LogP contribution in [-0.2, 0) is 4.74 Å². The molecule has 9 heteroatoms. The first-order valence-electron chi connectivity index (χ1n) is 6.19. The summed E-state index contributed by atoms with van der Waals surface area (Å²) in [5, 5.41) is 41.7. The van der Waals surface area contributed by atoms with Gasteiger partial charge in [0, 0.05) is 9.81 Å². The normalized spacial score (nSPS) is 32.4. The Kier molecular flexibility index (Phi) is 5.29. The predicted octanol–water partition coefficient (Wildman–Crippen LogP) is 0.602. The van der Waals surface area contributed by atoms with Crippen molar-refractivity contribution in [1.82, 2.24) is 0 Å². The summed E-state index contributed by atoms with van der Waals surface area (Å²) in [5.41, 5.74) is 7.82. The van der Waals surface area contributed by atoms with E-state index < -0.39 is 36.4 Å². The first-order valence-corrected chi connectivity index (χ1v) is 7.07. The highest BCUT2D eigenvalue weighted by atomic mass is 32.2. The monoisotopic (exact) mass is 313 g/mol. The van der Waals surface area contributed by atoms with Crippen LogP contribution < -0.4 is 0 Å². The van der Waals surface area contributed by atoms with Crippen molar-refractivity contribution in [3.05, 3.63) is 34.7 Å². The number of phenols is 1. The van der Waals surface area contributed by atoms with Crippen LogP contribution in [0.15, 0.2) is 34.3 Å². The molecule has 1 unspecified atom stereocenters. The summed E-state index contributed by atoms with van der Waals surface area (Å²) in [4.78, 5) is 3.38. The Hall–Kier alpha value is -1.48. The van der Waals surface area contributed by atoms with Crippen LogP contribution in [0.1, 0.15) is 0 Å². The zero-order valence-corrected chi connectivity index (χ0v) is 11.7. The lowest BCUT2D eigenvalue weighted by molar-refractivity contribution is -0.165. The van der Waals surface area contributed by atoms with Gasteiger partial charge < -0.3 is 25.2 Å². The van der Waals surface area contributed by atoms with Gasteiger partial charge in [-0.3, -0.25) is 0 Å². The third-order valence-electron chi connectivity index (χ3n) is 3.12. The summed E-state index contributed by atoms with van der Waals surface area (Å²) < 4.78 is 5.49. The molecule has 1 aliphatic heterocycles. The van der Waals surface area contributed by atoms with E-state index in [-0.39, 0.29) is 5.75 Å². The van der Waals surface area contributed by atoms with Gasteiger partial charge in [-0.2, -0.15) is 0 Å². The van der Waals surface area contributed by atoms with Gasteiger partial charge in [0.2, 0.25) is 0 Å². The Morgan fingerprint density at radius 2 is 1.90 bits per heavy atom. The number of phenolic OH excluding ortho intramolecular Hbond substituents is 1. The average molecular weight is 313 g/mol. The molecule has 8 nitrogen and oxygen atoms in total. The highest BCUT2D eigenvalue weighted by Gasteiger charge is 2.44. The minimum atomic E-state index is -1.33. The second-order valence-corrected chi connectivity index (χ2v) is 5.69. The van der Waals surface area contributed by atoms with E-state index in [9.17, 15) is 20.4 Å². The lowest BCUT2D eigenvalue weighted by Gasteiger charge is -2.40. The Morgan fingerprint density at radius 3 is 2.48 bits per heavy atom. The molecule has 21 heavy (non-hydrogen) atoms. The Labute approximate surface area is 124 Å². The van der Waals surface area contributed by atoms with Gasteiger partial charge >= 0.3 is 0 Å². The first kappa shape index (κ1) is 15.9. The highest BCUT2D eigenvalue weighted by molar-refractivity contribution is 7.99. The Morgan fingerprint density at radius 1 is 1.24 bits per heavy atom. The van der Waals surface area contributed by atoms with Crippen LogP contribution in [0, 0.1) is 0 Å². The SMILES string of the molecule is [N-]=[N+]=N[C@H]1C(Sc2ccc(O)cc2)O[C@H](CO)[C@@H](O)[C@@H]1O. The Balaban J connectivity index is 2.20. The molecule has 1 aromatic carbocycles. The van der Waals surface area contributed by atoms with Gasteiger partial charge in [-0.25, -0.2) is 0 Å². The number of hydrogen-bond acceptors (Lipinski definition) is 7. The molecule has 1 heterocycles. The third-order valence-corrected chi connectivity index (χ3v) is 4.29. The molecule has 5 atom stereocenters. The molecule has 0 aliphatic carbocycles. The minimum absolute atomic E-state index is 0.110. The molecule has 1 aliphatic rings. The van der Waals surface area contributed by atoms with Crippen molar-refractivity contribution in [3.63, 3.8) is 0 Å². The first-order chi connectivity index (χ1) is 10.1. The lowest BCUT2D eigenvalue weighted by atomic mass is 9.99. The number of ether oxygens (including phenoxy) is 1. The molecule has 0 aromatic heterocycles. The number of rotatable bonds is 4. The second kappa shape index (κ2) is 6.99. The second-order valence-electron chi connectivity index (χ2n) is 4.51. The fraction of sp³-hybridized carbons (Fsp3) is 0.500. The van der Waals surface area contributed by atoms with E-state index >= 15 is 0 Å². The van der Waals surface area contributed by atoms with Crippen LogP contribution in [0.25, 0.3) is 10.4 Å². The molecule has 2 rings (SSSR count). The van der Waals surface area contributed by atoms with Gasteiger partial charge in [0.1, 0.15) is 29.4 Å². The molecule has 0 saturated carbocycles. The molecule has 114 valence electrons. The van der Waals surface area contributed by atoms with Crippen molar-refractivity contribution in [1.29, 1.82) is 0 Å². The maximum atomic E-state index is 10.0. The highest BCUT2D eigenvalue weighted by Crippen LogP contribution is 2.35. The van der Waals surface area contributed by atoms with Crippen LogP contribution in [0.3, 0.4) is 0 Å². The van der Waals surface area contributed by atoms with Crippen LogP contribution in [-0.4, -0.2) is 56.8 Å². The average Bonchev–Trinajstić information content (AvgIpc) is 2.49. The van der Waals surface area contributed by atoms with Crippen molar-refractivity contribution >= 4 is 11.8 Å². The topological polar surface area (TPSA) is 139 Å². The van der Waals surface area contributed by atoms with Gasteiger partial charge in [-0.15, -0.1) is 0 Å². The maximum absolute atomic E-state index is 10.0. The van der Waals surface area contributed by atoms with E-state index in [1.54, 1.807) is 12.1 Å². The largest absolute Gasteiger partial charge is 0.508 e. The number of benzene rings is 1. The van der Waals surface area contributed by atoms with E-state index in [4.69, 9.17) is 10.3 Å². The van der Waals surface area contributed by atoms with Crippen molar-refractivity contribution in [2.45, 2.75) is 34.7 Å². The summed E-state index contributed by atoms with van der Waals surface area (Å²) in [6.07, 6.45) is -3.62. The zero-order valence-electron chi connectivity index (χ0n) is 10.9. The van der Waals surface area contributed by atoms with Crippen molar-refractivity contribution in [2.75, 3.05) is 6.61 Å². The fourth-order valence-corrected chi connectivity index (χ4v) is 3.12. The van der Waals surface area contributed by atoms with E-state index in [1.165, 1.54) is 23.9 Å². The standard InChI is InChI=1S/C12H15N3O5S/c13-15-14-9-11(19)10(18)8(5-16)20-12(9)21-7-3-1-6(17)2-4-7/h1-4,8-12,16-19H,5H2/t8-,9-,10-,11-,12?/m1/s1. The number of aliphatic hydroxyl groups excluding tert-OH is 3. The summed E-state index contributed by atoms with van der Waals surface area (Å²) >= 11 is 1.17. The number of aliphatic hydroxyl groups is 3. The molecule has 0 radical (unpaired) electrons. The van der Waals surface area contributed by atoms with Crippen LogP contribution in [0.4, 0.5) is 0 Å². The molecule has 0 amide bonds. The number of azide groups is 1. The van der Waals surface area contributed by atoms with E-state index in [1.807, 2.05) is 0 Å². The fourth-order valence-electron chi connectivity index (χ4n) is 2.01. The van der Waals surface area contributed by atoms with E-state index in [0.29, 0.717) is 0 Å². The Bertz CT molecular complexity index is 522. The zero-order chi connectivity index (χ0) is 15.4. The molecule has 0 bridgehead atoms. The quantitative estimate of drug-likeness (QED) is 0.365. The van der Waals surface area contributed by atoms with Crippen LogP contribution in [0.5, 0.6) is 5.75 Å². The van der Waals surface area contributed by atoms with Crippen molar-refractivity contribution in [2.24, 2.45) is 5.11 Å². The smallest absolute Gasteiger partial charge is 0.119 e. The molecule has 1 fully saturated rings. The summed E-state index contributed by atoms with van der Waals surface area (Å²) in [6, 6.07) is 5.26. The summed E-state index contributed by atoms with van der Waals surface area (Å²) in [5.74, 6) is 0.110. The van der Waals surface area contributed by atoms with Gasteiger partial charge in [0.15, 0.2) is 0 Å². The molecular formula is C12H15N3O5S. The number of hydrogen-bond donors (Lipinski definition) is 4. The third kappa shape index (κ3) is 3.59. The molecule has 0 spiro atoms. The molecule has 1 aromatic rings. The van der Waals surface area contributed by atoms with E-state index in [2.05, 4.69) is 10.0 Å². The van der Waals surface area contributed by atoms with Crippen LogP contribution in [0.2, 0.25) is 0 Å². The minimum Gasteiger partial charge on any atom is -0.508 e. The van der Waals surface area contributed by atoms with Gasteiger partial charge in [0.25, 0.3) is 0 Å². The van der Waals surface area contributed by atoms with Gasteiger partial charge in [-0.1, -0.05) is 16.9 Å². The summed E-state index contributed by atoms with van der Waals surface area (Å²) in [7, 11) is 0.